The highest BCUT2D eigenvalue weighted by Crippen LogP contribution is 2.24. The van der Waals surface area contributed by atoms with E-state index >= 15 is 0 Å². The Morgan fingerprint density at radius 2 is 1.68 bits per heavy atom. The highest BCUT2D eigenvalue weighted by molar-refractivity contribution is 6.30. The van der Waals surface area contributed by atoms with Crippen molar-refractivity contribution in [3.8, 4) is 0 Å². The Hall–Kier alpha value is -0.860. The number of hydrogen-bond acceptors (Lipinski definition) is 2. The normalized spacial score (nSPS) is 13.3. The monoisotopic (exact) mass is 281 g/mol. The summed E-state index contributed by atoms with van der Waals surface area (Å²) in [5.41, 5.74) is 1.05. The lowest BCUT2D eigenvalue weighted by Gasteiger charge is -2.27. The number of carbonyl (C=O) groups is 1. The number of rotatable bonds is 6. The molecule has 1 atom stereocenters. The third kappa shape index (κ3) is 4.63. The molecule has 2 nitrogen and oxygen atoms in total. The second-order valence-electron chi connectivity index (χ2n) is 5.69. The Kier molecular flexibility index (Phi) is 6.02. The quantitative estimate of drug-likeness (QED) is 0.786. The summed E-state index contributed by atoms with van der Waals surface area (Å²) in [5, 5.41) is 0.705. The summed E-state index contributed by atoms with van der Waals surface area (Å²) in [4.78, 5) is 14.6. The first kappa shape index (κ1) is 16.2. The highest BCUT2D eigenvalue weighted by Gasteiger charge is 2.25. The van der Waals surface area contributed by atoms with Crippen LogP contribution < -0.4 is 0 Å². The number of halogens is 1. The molecule has 106 valence electrons. The lowest BCUT2D eigenvalue weighted by atomic mass is 9.88. The average molecular weight is 282 g/mol. The van der Waals surface area contributed by atoms with Gasteiger partial charge < -0.3 is 4.90 Å². The predicted octanol–water partition coefficient (Wildman–Crippen LogP) is 3.99. The summed E-state index contributed by atoms with van der Waals surface area (Å²) in [5.74, 6) is 0.251. The molecule has 0 bridgehead atoms. The maximum Gasteiger partial charge on any atom is 0.144 e. The number of likely N-dealkylation sites (N-methyl/N-ethyl adjacent to an activating group) is 1. The van der Waals surface area contributed by atoms with Crippen LogP contribution in [0.15, 0.2) is 24.3 Å². The van der Waals surface area contributed by atoms with E-state index in [-0.39, 0.29) is 17.6 Å². The number of nitrogens with zero attached hydrogens (tertiary/aromatic N) is 1. The molecule has 1 aromatic carbocycles. The van der Waals surface area contributed by atoms with E-state index in [1.807, 2.05) is 38.1 Å². The van der Waals surface area contributed by atoms with Crippen LogP contribution in [0.1, 0.15) is 39.2 Å². The van der Waals surface area contributed by atoms with Crippen LogP contribution in [-0.4, -0.2) is 30.3 Å². The smallest absolute Gasteiger partial charge is 0.144 e. The summed E-state index contributed by atoms with van der Waals surface area (Å²) in [6.07, 6.45) is 0. The third-order valence-electron chi connectivity index (χ3n) is 3.54. The fourth-order valence-corrected chi connectivity index (χ4v) is 2.08. The standard InChI is InChI=1S/C16H24ClNO/c1-11(2)16(19)15(10-18(5)12(3)4)13-6-8-14(17)9-7-13/h6-9,11-12,15H,10H2,1-5H3. The Bertz CT molecular complexity index is 411. The molecule has 0 fully saturated rings. The van der Waals surface area contributed by atoms with Gasteiger partial charge in [0, 0.05) is 23.5 Å². The predicted molar refractivity (Wildman–Crippen MR) is 81.8 cm³/mol. The molecule has 0 aromatic heterocycles. The van der Waals surface area contributed by atoms with Gasteiger partial charge in [-0.15, -0.1) is 0 Å². The van der Waals surface area contributed by atoms with Gasteiger partial charge in [-0.3, -0.25) is 4.79 Å². The van der Waals surface area contributed by atoms with Crippen molar-refractivity contribution in [2.24, 2.45) is 5.92 Å². The molecule has 0 saturated heterocycles. The molecule has 0 N–H and O–H groups in total. The lowest BCUT2D eigenvalue weighted by molar-refractivity contribution is -0.123. The Balaban J connectivity index is 2.98. The maximum absolute atomic E-state index is 12.4. The van der Waals surface area contributed by atoms with Crippen molar-refractivity contribution in [2.45, 2.75) is 39.7 Å². The topological polar surface area (TPSA) is 20.3 Å². The number of ketones is 1. The van der Waals surface area contributed by atoms with Crippen molar-refractivity contribution >= 4 is 17.4 Å². The largest absolute Gasteiger partial charge is 0.303 e. The summed E-state index contributed by atoms with van der Waals surface area (Å²) >= 11 is 5.92. The highest BCUT2D eigenvalue weighted by atomic mass is 35.5. The fourth-order valence-electron chi connectivity index (χ4n) is 1.96. The zero-order valence-corrected chi connectivity index (χ0v) is 13.2. The first-order chi connectivity index (χ1) is 8.82. The molecule has 0 aliphatic rings. The molecule has 0 amide bonds. The fraction of sp³-hybridized carbons (Fsp3) is 0.562. The van der Waals surface area contributed by atoms with E-state index in [2.05, 4.69) is 25.8 Å². The van der Waals surface area contributed by atoms with Gasteiger partial charge in [-0.2, -0.15) is 0 Å². The van der Waals surface area contributed by atoms with E-state index in [0.29, 0.717) is 11.1 Å². The van der Waals surface area contributed by atoms with Gasteiger partial charge >= 0.3 is 0 Å². The van der Waals surface area contributed by atoms with Crippen LogP contribution in [0.4, 0.5) is 0 Å². The van der Waals surface area contributed by atoms with Crippen molar-refractivity contribution in [2.75, 3.05) is 13.6 Å². The summed E-state index contributed by atoms with van der Waals surface area (Å²) < 4.78 is 0. The van der Waals surface area contributed by atoms with Crippen LogP contribution in [-0.2, 0) is 4.79 Å². The minimum absolute atomic E-state index is 0.0428. The summed E-state index contributed by atoms with van der Waals surface area (Å²) in [6, 6.07) is 8.05. The molecule has 0 heterocycles. The molecule has 0 spiro atoms. The minimum Gasteiger partial charge on any atom is -0.303 e. The molecule has 0 saturated carbocycles. The second-order valence-corrected chi connectivity index (χ2v) is 6.13. The molecule has 1 rings (SSSR count). The molecule has 0 aliphatic heterocycles. The van der Waals surface area contributed by atoms with E-state index in [1.54, 1.807) is 0 Å². The van der Waals surface area contributed by atoms with Crippen molar-refractivity contribution < 1.29 is 4.79 Å². The number of carbonyl (C=O) groups excluding carboxylic acids is 1. The number of hydrogen-bond donors (Lipinski definition) is 0. The van der Waals surface area contributed by atoms with Crippen LogP contribution in [0.25, 0.3) is 0 Å². The molecular formula is C16H24ClNO. The Morgan fingerprint density at radius 1 is 1.16 bits per heavy atom. The van der Waals surface area contributed by atoms with E-state index in [1.165, 1.54) is 0 Å². The Labute approximate surface area is 121 Å². The van der Waals surface area contributed by atoms with Crippen LogP contribution >= 0.6 is 11.6 Å². The molecule has 3 heteroatoms. The van der Waals surface area contributed by atoms with Gasteiger partial charge in [-0.1, -0.05) is 37.6 Å². The van der Waals surface area contributed by atoms with Gasteiger partial charge in [-0.05, 0) is 38.6 Å². The van der Waals surface area contributed by atoms with E-state index in [4.69, 9.17) is 11.6 Å². The van der Waals surface area contributed by atoms with Gasteiger partial charge in [0.2, 0.25) is 0 Å². The molecular weight excluding hydrogens is 258 g/mol. The van der Waals surface area contributed by atoms with Crippen LogP contribution in [0.3, 0.4) is 0 Å². The van der Waals surface area contributed by atoms with Crippen LogP contribution in [0.2, 0.25) is 5.02 Å². The Morgan fingerprint density at radius 3 is 2.11 bits per heavy atom. The van der Waals surface area contributed by atoms with Crippen molar-refractivity contribution in [1.29, 1.82) is 0 Å². The van der Waals surface area contributed by atoms with E-state index in [0.717, 1.165) is 12.1 Å². The van der Waals surface area contributed by atoms with Crippen LogP contribution in [0, 0.1) is 5.92 Å². The van der Waals surface area contributed by atoms with Crippen molar-refractivity contribution in [3.05, 3.63) is 34.9 Å². The third-order valence-corrected chi connectivity index (χ3v) is 3.79. The molecule has 1 aromatic rings. The number of benzene rings is 1. The number of Topliss-reactive ketones (excluding diaryl/α,β-unsaturated/α-hetero) is 1. The summed E-state index contributed by atoms with van der Waals surface area (Å²) in [7, 11) is 2.06. The maximum atomic E-state index is 12.4. The minimum atomic E-state index is -0.0790. The summed E-state index contributed by atoms with van der Waals surface area (Å²) in [6.45, 7) is 8.94. The average Bonchev–Trinajstić information content (AvgIpc) is 2.35. The molecule has 19 heavy (non-hydrogen) atoms. The van der Waals surface area contributed by atoms with Gasteiger partial charge in [-0.25, -0.2) is 0 Å². The van der Waals surface area contributed by atoms with Gasteiger partial charge in [0.1, 0.15) is 5.78 Å². The van der Waals surface area contributed by atoms with Gasteiger partial charge in [0.15, 0.2) is 0 Å². The molecule has 1 unspecified atom stereocenters. The first-order valence-corrected chi connectivity index (χ1v) is 7.20. The van der Waals surface area contributed by atoms with Crippen molar-refractivity contribution in [3.63, 3.8) is 0 Å². The van der Waals surface area contributed by atoms with Crippen molar-refractivity contribution in [1.82, 2.24) is 4.90 Å². The molecule has 0 radical (unpaired) electrons. The van der Waals surface area contributed by atoms with Crippen LogP contribution in [0.5, 0.6) is 0 Å². The van der Waals surface area contributed by atoms with Gasteiger partial charge in [0.05, 0.1) is 5.92 Å². The van der Waals surface area contributed by atoms with Gasteiger partial charge in [0.25, 0.3) is 0 Å². The van der Waals surface area contributed by atoms with E-state index < -0.39 is 0 Å². The van der Waals surface area contributed by atoms with E-state index in [9.17, 15) is 4.79 Å². The SMILES string of the molecule is CC(C)C(=O)C(CN(C)C(C)C)c1ccc(Cl)cc1. The first-order valence-electron chi connectivity index (χ1n) is 6.82. The zero-order chi connectivity index (χ0) is 14.6. The second kappa shape index (κ2) is 7.06. The zero-order valence-electron chi connectivity index (χ0n) is 12.5. The lowest BCUT2D eigenvalue weighted by Crippen LogP contribution is -2.35. The molecule has 0 aliphatic carbocycles.